The Bertz CT molecular complexity index is 437. The van der Waals surface area contributed by atoms with Crippen LogP contribution in [0.2, 0.25) is 0 Å². The normalized spacial score (nSPS) is 22.3. The molecule has 0 bridgehead atoms. The van der Waals surface area contributed by atoms with Crippen molar-refractivity contribution >= 4 is 17.6 Å². The van der Waals surface area contributed by atoms with Crippen LogP contribution in [0.15, 0.2) is 6.20 Å². The molecule has 0 aromatic carbocycles. The van der Waals surface area contributed by atoms with Gasteiger partial charge in [-0.1, -0.05) is 6.92 Å². The van der Waals surface area contributed by atoms with Crippen molar-refractivity contribution in [2.24, 2.45) is 5.92 Å². The molecule has 0 amide bonds. The number of halogens is 1. The summed E-state index contributed by atoms with van der Waals surface area (Å²) in [6, 6.07) is 0. The van der Waals surface area contributed by atoms with Crippen molar-refractivity contribution in [1.82, 2.24) is 9.97 Å². The summed E-state index contributed by atoms with van der Waals surface area (Å²) in [7, 11) is 0. The number of hydrogen-bond donors (Lipinski definition) is 0. The molecular formula is C12H15ClN2O2. The lowest BCUT2D eigenvalue weighted by molar-refractivity contribution is 0.0524. The number of rotatable bonds is 4. The van der Waals surface area contributed by atoms with Gasteiger partial charge >= 0.3 is 5.97 Å². The van der Waals surface area contributed by atoms with Crippen LogP contribution in [-0.4, -0.2) is 22.5 Å². The maximum absolute atomic E-state index is 11.6. The van der Waals surface area contributed by atoms with Crippen molar-refractivity contribution in [3.8, 4) is 0 Å². The molecule has 0 N–H and O–H groups in total. The molecule has 1 heterocycles. The lowest BCUT2D eigenvalue weighted by Gasteiger charge is -2.07. The first-order valence-electron chi connectivity index (χ1n) is 5.76. The fraction of sp³-hybridized carbons (Fsp3) is 0.583. The number of ether oxygens (including phenoxy) is 1. The summed E-state index contributed by atoms with van der Waals surface area (Å²) in [4.78, 5) is 20.2. The molecule has 0 spiro atoms. The van der Waals surface area contributed by atoms with Gasteiger partial charge < -0.3 is 4.74 Å². The van der Waals surface area contributed by atoms with Gasteiger partial charge in [0.1, 0.15) is 11.4 Å². The highest BCUT2D eigenvalue weighted by Gasteiger charge is 2.37. The molecule has 1 saturated carbocycles. The number of esters is 1. The first-order valence-corrected chi connectivity index (χ1v) is 6.29. The van der Waals surface area contributed by atoms with E-state index in [1.54, 1.807) is 6.92 Å². The first kappa shape index (κ1) is 12.3. The predicted molar refractivity (Wildman–Crippen MR) is 64.1 cm³/mol. The number of alkyl halides is 1. The van der Waals surface area contributed by atoms with Gasteiger partial charge in [-0.05, 0) is 19.3 Å². The lowest BCUT2D eigenvalue weighted by Crippen LogP contribution is -2.11. The maximum atomic E-state index is 11.6. The van der Waals surface area contributed by atoms with Gasteiger partial charge in [0, 0.05) is 12.1 Å². The monoisotopic (exact) mass is 254 g/mol. The average molecular weight is 255 g/mol. The molecule has 4 nitrogen and oxygen atoms in total. The van der Waals surface area contributed by atoms with Crippen LogP contribution in [0.5, 0.6) is 0 Å². The van der Waals surface area contributed by atoms with Crippen LogP contribution in [0.4, 0.5) is 0 Å². The zero-order valence-corrected chi connectivity index (χ0v) is 10.7. The average Bonchev–Trinajstić information content (AvgIpc) is 3.06. The summed E-state index contributed by atoms with van der Waals surface area (Å²) in [6.07, 6.45) is 2.64. The Balaban J connectivity index is 2.25. The Morgan fingerprint density at radius 1 is 1.65 bits per heavy atom. The standard InChI is InChI=1S/C12H15ClN2O2/c1-3-17-12(16)9-6-14-11(8-4-7(8)2)15-10(9)5-13/h6-8H,3-5H2,1-2H3. The van der Waals surface area contributed by atoms with Gasteiger partial charge in [0.25, 0.3) is 0 Å². The minimum absolute atomic E-state index is 0.199. The van der Waals surface area contributed by atoms with Crippen molar-refractivity contribution in [3.05, 3.63) is 23.3 Å². The van der Waals surface area contributed by atoms with E-state index in [9.17, 15) is 4.79 Å². The summed E-state index contributed by atoms with van der Waals surface area (Å²) in [5.41, 5.74) is 0.938. The number of carbonyl (C=O) groups is 1. The molecule has 1 aromatic rings. The van der Waals surface area contributed by atoms with Crippen LogP contribution in [0.3, 0.4) is 0 Å². The van der Waals surface area contributed by atoms with Crippen LogP contribution >= 0.6 is 11.6 Å². The maximum Gasteiger partial charge on any atom is 0.341 e. The second-order valence-corrected chi connectivity index (χ2v) is 4.53. The van der Waals surface area contributed by atoms with Gasteiger partial charge in [-0.15, -0.1) is 11.6 Å². The van der Waals surface area contributed by atoms with Crippen molar-refractivity contribution in [3.63, 3.8) is 0 Å². The van der Waals surface area contributed by atoms with E-state index in [2.05, 4.69) is 16.9 Å². The molecule has 0 aliphatic heterocycles. The van der Waals surface area contributed by atoms with Crippen LogP contribution < -0.4 is 0 Å². The molecule has 1 fully saturated rings. The molecule has 2 atom stereocenters. The largest absolute Gasteiger partial charge is 0.462 e. The first-order chi connectivity index (χ1) is 8.17. The molecule has 2 rings (SSSR count). The van der Waals surface area contributed by atoms with E-state index < -0.39 is 5.97 Å². The van der Waals surface area contributed by atoms with Crippen molar-refractivity contribution in [2.75, 3.05) is 6.61 Å². The van der Waals surface area contributed by atoms with Crippen LogP contribution in [0.1, 0.15) is 48.1 Å². The van der Waals surface area contributed by atoms with Crippen molar-refractivity contribution < 1.29 is 9.53 Å². The van der Waals surface area contributed by atoms with Gasteiger partial charge in [0.05, 0.1) is 18.2 Å². The number of aromatic nitrogens is 2. The van der Waals surface area contributed by atoms with Crippen LogP contribution in [0, 0.1) is 5.92 Å². The van der Waals surface area contributed by atoms with Crippen LogP contribution in [0.25, 0.3) is 0 Å². The lowest BCUT2D eigenvalue weighted by atomic mass is 10.2. The fourth-order valence-corrected chi connectivity index (χ4v) is 1.98. The highest BCUT2D eigenvalue weighted by Crippen LogP contribution is 2.45. The van der Waals surface area contributed by atoms with Crippen molar-refractivity contribution in [2.45, 2.75) is 32.1 Å². The second kappa shape index (κ2) is 5.00. The Hall–Kier alpha value is -1.16. The molecule has 1 aliphatic carbocycles. The molecule has 0 radical (unpaired) electrons. The van der Waals surface area contributed by atoms with Gasteiger partial charge in [0.2, 0.25) is 0 Å². The van der Waals surface area contributed by atoms with Crippen molar-refractivity contribution in [1.29, 1.82) is 0 Å². The van der Waals surface area contributed by atoms with E-state index in [-0.39, 0.29) is 5.88 Å². The Kier molecular flexibility index (Phi) is 3.62. The summed E-state index contributed by atoms with van der Waals surface area (Å²) < 4.78 is 4.93. The number of hydrogen-bond acceptors (Lipinski definition) is 4. The van der Waals surface area contributed by atoms with E-state index in [0.29, 0.717) is 29.7 Å². The van der Waals surface area contributed by atoms with Crippen LogP contribution in [-0.2, 0) is 10.6 Å². The molecule has 5 heteroatoms. The topological polar surface area (TPSA) is 52.1 Å². The number of carbonyl (C=O) groups excluding carboxylic acids is 1. The molecule has 17 heavy (non-hydrogen) atoms. The Morgan fingerprint density at radius 3 is 2.88 bits per heavy atom. The molecule has 2 unspecified atom stereocenters. The number of nitrogens with zero attached hydrogens (tertiary/aromatic N) is 2. The SMILES string of the molecule is CCOC(=O)c1cnc(C2CC2C)nc1CCl. The van der Waals surface area contributed by atoms with Gasteiger partial charge in [-0.3, -0.25) is 0 Å². The fourth-order valence-electron chi connectivity index (χ4n) is 1.77. The molecular weight excluding hydrogens is 240 g/mol. The Morgan fingerprint density at radius 2 is 2.35 bits per heavy atom. The van der Waals surface area contributed by atoms with Gasteiger partial charge in [-0.25, -0.2) is 14.8 Å². The highest BCUT2D eigenvalue weighted by molar-refractivity contribution is 6.17. The van der Waals surface area contributed by atoms with Gasteiger partial charge in [-0.2, -0.15) is 0 Å². The summed E-state index contributed by atoms with van der Waals surface area (Å²) in [6.45, 7) is 4.26. The van der Waals surface area contributed by atoms with E-state index in [1.807, 2.05) is 0 Å². The zero-order chi connectivity index (χ0) is 12.4. The summed E-state index contributed by atoms with van der Waals surface area (Å²) >= 11 is 5.81. The van der Waals surface area contributed by atoms with E-state index >= 15 is 0 Å². The minimum atomic E-state index is -0.404. The smallest absolute Gasteiger partial charge is 0.341 e. The third-order valence-electron chi connectivity index (χ3n) is 2.95. The summed E-state index contributed by atoms with van der Waals surface area (Å²) in [5.74, 6) is 1.64. The predicted octanol–water partition coefficient (Wildman–Crippen LogP) is 2.52. The molecule has 1 aromatic heterocycles. The van der Waals surface area contributed by atoms with E-state index in [0.717, 1.165) is 12.2 Å². The third-order valence-corrected chi connectivity index (χ3v) is 3.20. The van der Waals surface area contributed by atoms with E-state index in [1.165, 1.54) is 6.20 Å². The second-order valence-electron chi connectivity index (χ2n) is 4.26. The molecule has 1 aliphatic rings. The van der Waals surface area contributed by atoms with Gasteiger partial charge in [0.15, 0.2) is 0 Å². The molecule has 0 saturated heterocycles. The highest BCUT2D eigenvalue weighted by atomic mass is 35.5. The van der Waals surface area contributed by atoms with E-state index in [4.69, 9.17) is 16.3 Å². The third kappa shape index (κ3) is 2.57. The minimum Gasteiger partial charge on any atom is -0.462 e. The quantitative estimate of drug-likeness (QED) is 0.612. The Labute approximate surface area is 105 Å². The summed E-state index contributed by atoms with van der Waals surface area (Å²) in [5, 5.41) is 0. The molecule has 92 valence electrons. The zero-order valence-electron chi connectivity index (χ0n) is 9.94.